The summed E-state index contributed by atoms with van der Waals surface area (Å²) in [6.07, 6.45) is 0. The second-order valence-electron chi connectivity index (χ2n) is 5.27. The number of nitrogens with two attached hydrogens (primary N) is 1. The molecular weight excluding hydrogens is 274 g/mol. The monoisotopic (exact) mass is 289 g/mol. The molecule has 0 aliphatic rings. The molecule has 0 aliphatic carbocycles. The van der Waals surface area contributed by atoms with Crippen molar-refractivity contribution in [2.24, 2.45) is 5.73 Å². The first-order chi connectivity index (χ1) is 10.3. The molecule has 0 spiro atoms. The van der Waals surface area contributed by atoms with Gasteiger partial charge in [0.15, 0.2) is 0 Å². The average molecular weight is 289 g/mol. The molecule has 0 unspecified atom stereocenters. The van der Waals surface area contributed by atoms with E-state index < -0.39 is 0 Å². The molecule has 0 aliphatic heterocycles. The molecule has 0 bridgehead atoms. The highest BCUT2D eigenvalue weighted by molar-refractivity contribution is 7.08. The van der Waals surface area contributed by atoms with Crippen LogP contribution in [0.4, 0.5) is 0 Å². The molecule has 1 atom stereocenters. The van der Waals surface area contributed by atoms with Gasteiger partial charge in [0, 0.05) is 0 Å². The predicted octanol–water partition coefficient (Wildman–Crippen LogP) is 5.10. The summed E-state index contributed by atoms with van der Waals surface area (Å²) in [5, 5.41) is 9.27. The Bertz CT molecular complexity index is 909. The molecule has 21 heavy (non-hydrogen) atoms. The number of benzene rings is 3. The first-order valence-electron chi connectivity index (χ1n) is 7.02. The number of hydrogen-bond donors (Lipinski definition) is 1. The lowest BCUT2D eigenvalue weighted by Gasteiger charge is -2.16. The van der Waals surface area contributed by atoms with Crippen molar-refractivity contribution in [3.8, 4) is 0 Å². The smallest absolute Gasteiger partial charge is 0.0566 e. The van der Waals surface area contributed by atoms with E-state index >= 15 is 0 Å². The fourth-order valence-electron chi connectivity index (χ4n) is 2.97. The van der Waals surface area contributed by atoms with Gasteiger partial charge in [-0.2, -0.15) is 11.3 Å². The zero-order valence-corrected chi connectivity index (χ0v) is 12.3. The molecule has 4 aromatic rings. The van der Waals surface area contributed by atoms with E-state index in [0.717, 1.165) is 0 Å². The second-order valence-corrected chi connectivity index (χ2v) is 6.05. The molecule has 0 saturated heterocycles. The molecule has 2 N–H and O–H groups in total. The Labute approximate surface area is 127 Å². The third kappa shape index (κ3) is 2.04. The summed E-state index contributed by atoms with van der Waals surface area (Å²) in [4.78, 5) is 0. The number of rotatable bonds is 2. The van der Waals surface area contributed by atoms with Crippen molar-refractivity contribution in [2.45, 2.75) is 6.04 Å². The average Bonchev–Trinajstić information content (AvgIpc) is 3.08. The molecule has 1 aromatic heterocycles. The zero-order valence-electron chi connectivity index (χ0n) is 11.5. The minimum Gasteiger partial charge on any atom is -0.320 e. The quantitative estimate of drug-likeness (QED) is 0.510. The summed E-state index contributed by atoms with van der Waals surface area (Å²) < 4.78 is 0. The van der Waals surface area contributed by atoms with E-state index in [2.05, 4.69) is 71.4 Å². The summed E-state index contributed by atoms with van der Waals surface area (Å²) in [6, 6.07) is 21.3. The largest absolute Gasteiger partial charge is 0.320 e. The molecule has 0 radical (unpaired) electrons. The van der Waals surface area contributed by atoms with Crippen LogP contribution in [0.3, 0.4) is 0 Å². The maximum Gasteiger partial charge on any atom is 0.0566 e. The Morgan fingerprint density at radius 1 is 0.810 bits per heavy atom. The van der Waals surface area contributed by atoms with Gasteiger partial charge in [-0.25, -0.2) is 0 Å². The SMILES string of the molecule is N[C@H](c1ccsc1)c1cc2ccccc2c2ccccc12. The van der Waals surface area contributed by atoms with Crippen LogP contribution in [0.25, 0.3) is 21.5 Å². The van der Waals surface area contributed by atoms with Gasteiger partial charge in [-0.1, -0.05) is 48.5 Å². The predicted molar refractivity (Wildman–Crippen MR) is 91.8 cm³/mol. The molecular formula is C19H15NS. The maximum absolute atomic E-state index is 6.52. The lowest BCUT2D eigenvalue weighted by molar-refractivity contribution is 0.888. The van der Waals surface area contributed by atoms with Crippen LogP contribution in [-0.2, 0) is 0 Å². The van der Waals surface area contributed by atoms with Crippen molar-refractivity contribution in [3.63, 3.8) is 0 Å². The molecule has 0 fully saturated rings. The summed E-state index contributed by atoms with van der Waals surface area (Å²) in [7, 11) is 0. The fraction of sp³-hybridized carbons (Fsp3) is 0.0526. The van der Waals surface area contributed by atoms with Crippen LogP contribution in [0.5, 0.6) is 0 Å². The Morgan fingerprint density at radius 3 is 2.29 bits per heavy atom. The molecule has 1 heterocycles. The topological polar surface area (TPSA) is 26.0 Å². The molecule has 0 saturated carbocycles. The van der Waals surface area contributed by atoms with Gasteiger partial charge in [0.1, 0.15) is 0 Å². The van der Waals surface area contributed by atoms with Crippen molar-refractivity contribution < 1.29 is 0 Å². The standard InChI is InChI=1S/C19H15NS/c20-19(14-9-10-21-12-14)18-11-13-5-1-2-6-15(13)16-7-3-4-8-17(16)18/h1-12,19H,20H2/t19-/m1/s1. The van der Waals surface area contributed by atoms with Crippen molar-refractivity contribution in [1.29, 1.82) is 0 Å². The number of fused-ring (bicyclic) bond motifs is 3. The van der Waals surface area contributed by atoms with Crippen LogP contribution in [0.2, 0.25) is 0 Å². The summed E-state index contributed by atoms with van der Waals surface area (Å²) >= 11 is 1.69. The van der Waals surface area contributed by atoms with E-state index in [-0.39, 0.29) is 6.04 Å². The minimum atomic E-state index is -0.0780. The molecule has 2 heteroatoms. The second kappa shape index (κ2) is 4.99. The third-order valence-corrected chi connectivity index (χ3v) is 4.74. The molecule has 4 rings (SSSR count). The summed E-state index contributed by atoms with van der Waals surface area (Å²) in [6.45, 7) is 0. The Hall–Kier alpha value is -2.16. The zero-order chi connectivity index (χ0) is 14.2. The maximum atomic E-state index is 6.52. The highest BCUT2D eigenvalue weighted by Crippen LogP contribution is 2.33. The van der Waals surface area contributed by atoms with Crippen LogP contribution in [0.1, 0.15) is 17.2 Å². The van der Waals surface area contributed by atoms with Gasteiger partial charge in [0.2, 0.25) is 0 Å². The van der Waals surface area contributed by atoms with Crippen LogP contribution < -0.4 is 5.73 Å². The van der Waals surface area contributed by atoms with Gasteiger partial charge in [-0.05, 0) is 55.6 Å². The summed E-state index contributed by atoms with van der Waals surface area (Å²) in [5.41, 5.74) is 8.90. The van der Waals surface area contributed by atoms with Crippen molar-refractivity contribution >= 4 is 32.9 Å². The van der Waals surface area contributed by atoms with E-state index in [1.165, 1.54) is 32.7 Å². The normalized spacial score (nSPS) is 12.8. The minimum absolute atomic E-state index is 0.0780. The van der Waals surface area contributed by atoms with E-state index in [1.807, 2.05) is 0 Å². The van der Waals surface area contributed by atoms with Crippen molar-refractivity contribution in [2.75, 3.05) is 0 Å². The van der Waals surface area contributed by atoms with Gasteiger partial charge in [-0.15, -0.1) is 0 Å². The molecule has 102 valence electrons. The Balaban J connectivity index is 2.07. The lowest BCUT2D eigenvalue weighted by Crippen LogP contribution is -2.11. The van der Waals surface area contributed by atoms with Crippen molar-refractivity contribution in [3.05, 3.63) is 82.6 Å². The van der Waals surface area contributed by atoms with Crippen LogP contribution in [-0.4, -0.2) is 0 Å². The van der Waals surface area contributed by atoms with E-state index in [1.54, 1.807) is 11.3 Å². The van der Waals surface area contributed by atoms with E-state index in [9.17, 15) is 0 Å². The fourth-order valence-corrected chi connectivity index (χ4v) is 3.67. The Kier molecular flexibility index (Phi) is 2.99. The molecule has 0 amide bonds. The highest BCUT2D eigenvalue weighted by atomic mass is 32.1. The van der Waals surface area contributed by atoms with Gasteiger partial charge < -0.3 is 5.73 Å². The third-order valence-electron chi connectivity index (χ3n) is 4.04. The highest BCUT2D eigenvalue weighted by Gasteiger charge is 2.14. The van der Waals surface area contributed by atoms with Crippen LogP contribution in [0, 0.1) is 0 Å². The van der Waals surface area contributed by atoms with Gasteiger partial charge in [-0.3, -0.25) is 0 Å². The van der Waals surface area contributed by atoms with Gasteiger partial charge in [0.25, 0.3) is 0 Å². The number of thiophene rings is 1. The number of hydrogen-bond acceptors (Lipinski definition) is 2. The first-order valence-corrected chi connectivity index (χ1v) is 7.97. The van der Waals surface area contributed by atoms with E-state index in [4.69, 9.17) is 5.73 Å². The van der Waals surface area contributed by atoms with Crippen LogP contribution in [0.15, 0.2) is 71.4 Å². The lowest BCUT2D eigenvalue weighted by atomic mass is 9.92. The van der Waals surface area contributed by atoms with Gasteiger partial charge >= 0.3 is 0 Å². The van der Waals surface area contributed by atoms with Crippen molar-refractivity contribution in [1.82, 2.24) is 0 Å². The van der Waals surface area contributed by atoms with Crippen LogP contribution >= 0.6 is 11.3 Å². The molecule has 3 aromatic carbocycles. The van der Waals surface area contributed by atoms with E-state index in [0.29, 0.717) is 0 Å². The Morgan fingerprint density at radius 2 is 1.52 bits per heavy atom. The first kappa shape index (κ1) is 12.6. The van der Waals surface area contributed by atoms with Gasteiger partial charge in [0.05, 0.1) is 6.04 Å². The molecule has 1 nitrogen and oxygen atoms in total. The summed E-state index contributed by atoms with van der Waals surface area (Å²) in [5.74, 6) is 0.